The summed E-state index contributed by atoms with van der Waals surface area (Å²) in [5, 5.41) is 22.0. The lowest BCUT2D eigenvalue weighted by atomic mass is 9.94. The van der Waals surface area contributed by atoms with Crippen LogP contribution in [0.5, 0.6) is 34.5 Å². The Hall–Kier alpha value is -4.86. The number of ketones is 1. The maximum atomic E-state index is 13.4. The van der Waals surface area contributed by atoms with Gasteiger partial charge < -0.3 is 33.9 Å². The smallest absolute Gasteiger partial charge is 0.300 e. The predicted octanol–water partition coefficient (Wildman–Crippen LogP) is 3.77. The molecule has 0 radical (unpaired) electrons. The van der Waals surface area contributed by atoms with Crippen molar-refractivity contribution >= 4 is 23.1 Å². The molecule has 190 valence electrons. The summed E-state index contributed by atoms with van der Waals surface area (Å²) in [4.78, 5) is 28.0. The lowest BCUT2D eigenvalue weighted by Crippen LogP contribution is -2.29. The maximum absolute atomic E-state index is 13.4. The summed E-state index contributed by atoms with van der Waals surface area (Å²) < 4.78 is 27.1. The van der Waals surface area contributed by atoms with E-state index in [0.29, 0.717) is 22.8 Å². The third-order valence-electron chi connectivity index (χ3n) is 6.23. The fraction of sp³-hybridized carbons (Fsp3) is 0.185. The topological polar surface area (TPSA) is 124 Å². The van der Waals surface area contributed by atoms with Crippen LogP contribution in [-0.2, 0) is 9.59 Å². The van der Waals surface area contributed by atoms with Crippen LogP contribution in [0.1, 0.15) is 17.2 Å². The molecule has 0 bridgehead atoms. The number of aliphatic hydroxyl groups is 1. The van der Waals surface area contributed by atoms with Gasteiger partial charge in [0, 0.05) is 5.56 Å². The SMILES string of the molecule is COc1cc(C2/C(=C(\O)c3ccc4c(c3)OCO4)C(=O)C(=O)N2c2ccccc2O)cc(OC)c1OC. The van der Waals surface area contributed by atoms with Crippen LogP contribution in [0.2, 0.25) is 0 Å². The first-order valence-corrected chi connectivity index (χ1v) is 11.2. The number of para-hydroxylation sites is 2. The summed E-state index contributed by atoms with van der Waals surface area (Å²) in [6, 6.07) is 12.8. The standard InChI is InChI=1S/C27H23NO9/c1-33-20-11-15(12-21(34-2)26(20)35-3)23-22(24(30)14-8-9-18-19(10-14)37-13-36-18)25(31)27(32)28(23)16-6-4-5-7-17(16)29/h4-12,23,29-30H,13H2,1-3H3/b24-22+. The van der Waals surface area contributed by atoms with E-state index in [0.717, 1.165) is 4.90 Å². The normalized spacial score (nSPS) is 17.7. The first-order valence-electron chi connectivity index (χ1n) is 11.2. The molecule has 1 saturated heterocycles. The van der Waals surface area contributed by atoms with E-state index in [4.69, 9.17) is 23.7 Å². The van der Waals surface area contributed by atoms with Crippen LogP contribution >= 0.6 is 0 Å². The van der Waals surface area contributed by atoms with Crippen molar-refractivity contribution in [2.45, 2.75) is 6.04 Å². The first-order chi connectivity index (χ1) is 17.9. The highest BCUT2D eigenvalue weighted by molar-refractivity contribution is 6.52. The zero-order chi connectivity index (χ0) is 26.3. The van der Waals surface area contributed by atoms with Gasteiger partial charge in [-0.15, -0.1) is 0 Å². The highest BCUT2D eigenvalue weighted by Gasteiger charge is 2.48. The number of phenolic OH excluding ortho intramolecular Hbond substituents is 1. The summed E-state index contributed by atoms with van der Waals surface area (Å²) in [7, 11) is 4.33. The quantitative estimate of drug-likeness (QED) is 0.293. The number of aromatic hydroxyl groups is 1. The van der Waals surface area contributed by atoms with Gasteiger partial charge in [0.15, 0.2) is 23.0 Å². The van der Waals surface area contributed by atoms with Gasteiger partial charge in [0.05, 0.1) is 38.6 Å². The largest absolute Gasteiger partial charge is 0.507 e. The third kappa shape index (κ3) is 3.83. The monoisotopic (exact) mass is 505 g/mol. The number of aliphatic hydroxyl groups excluding tert-OH is 1. The van der Waals surface area contributed by atoms with Gasteiger partial charge in [-0.1, -0.05) is 12.1 Å². The zero-order valence-corrected chi connectivity index (χ0v) is 20.2. The Morgan fingerprint density at radius 1 is 0.919 bits per heavy atom. The number of amides is 1. The number of phenols is 1. The summed E-state index contributed by atoms with van der Waals surface area (Å²) in [5.74, 6) is -0.747. The average molecular weight is 505 g/mol. The van der Waals surface area contributed by atoms with Crippen LogP contribution in [-0.4, -0.2) is 50.0 Å². The first kappa shape index (κ1) is 23.9. The third-order valence-corrected chi connectivity index (χ3v) is 6.23. The average Bonchev–Trinajstić information content (AvgIpc) is 3.49. The van der Waals surface area contributed by atoms with E-state index in [1.165, 1.54) is 39.5 Å². The zero-order valence-electron chi connectivity index (χ0n) is 20.2. The number of rotatable bonds is 6. The van der Waals surface area contributed by atoms with Crippen molar-refractivity contribution in [2.75, 3.05) is 33.0 Å². The fourth-order valence-electron chi connectivity index (χ4n) is 4.52. The number of hydrogen-bond donors (Lipinski definition) is 2. The summed E-state index contributed by atoms with van der Waals surface area (Å²) in [6.07, 6.45) is 0. The Kier molecular flexibility index (Phi) is 6.00. The molecule has 2 aliphatic heterocycles. The number of nitrogens with zero attached hydrogens (tertiary/aromatic N) is 1. The Morgan fingerprint density at radius 2 is 1.59 bits per heavy atom. The van der Waals surface area contributed by atoms with Crippen LogP contribution in [0.25, 0.3) is 5.76 Å². The number of Topliss-reactive ketones (excluding diaryl/α,β-unsaturated/α-hetero) is 1. The van der Waals surface area contributed by atoms with Crippen molar-refractivity contribution in [3.63, 3.8) is 0 Å². The second-order valence-corrected chi connectivity index (χ2v) is 8.18. The van der Waals surface area contributed by atoms with Gasteiger partial charge in [-0.05, 0) is 48.0 Å². The van der Waals surface area contributed by atoms with Crippen LogP contribution in [0.15, 0.2) is 60.2 Å². The molecule has 0 aromatic heterocycles. The fourth-order valence-corrected chi connectivity index (χ4v) is 4.52. The molecule has 0 aliphatic carbocycles. The van der Waals surface area contributed by atoms with Gasteiger partial charge in [0.2, 0.25) is 12.5 Å². The van der Waals surface area contributed by atoms with E-state index in [1.54, 1.807) is 36.4 Å². The molecule has 2 N–H and O–H groups in total. The predicted molar refractivity (Wildman–Crippen MR) is 132 cm³/mol. The van der Waals surface area contributed by atoms with Crippen molar-refractivity contribution in [3.8, 4) is 34.5 Å². The minimum Gasteiger partial charge on any atom is -0.507 e. The van der Waals surface area contributed by atoms with Crippen molar-refractivity contribution < 1.29 is 43.5 Å². The summed E-state index contributed by atoms with van der Waals surface area (Å²) in [5.41, 5.74) is 0.519. The molecule has 1 amide bonds. The van der Waals surface area contributed by atoms with Gasteiger partial charge in [0.1, 0.15) is 11.5 Å². The maximum Gasteiger partial charge on any atom is 0.300 e. The molecule has 2 aliphatic rings. The molecular weight excluding hydrogens is 482 g/mol. The number of carbonyl (C=O) groups excluding carboxylic acids is 2. The Morgan fingerprint density at radius 3 is 2.24 bits per heavy atom. The lowest BCUT2D eigenvalue weighted by molar-refractivity contribution is -0.132. The van der Waals surface area contributed by atoms with Gasteiger partial charge in [-0.3, -0.25) is 14.5 Å². The van der Waals surface area contributed by atoms with Crippen molar-refractivity contribution in [3.05, 3.63) is 71.3 Å². The Labute approximate surface area is 211 Å². The van der Waals surface area contributed by atoms with Gasteiger partial charge >= 0.3 is 0 Å². The second-order valence-electron chi connectivity index (χ2n) is 8.18. The number of fused-ring (bicyclic) bond motifs is 1. The summed E-state index contributed by atoms with van der Waals surface area (Å²) >= 11 is 0. The number of ether oxygens (including phenoxy) is 5. The van der Waals surface area contributed by atoms with E-state index < -0.39 is 23.5 Å². The molecule has 0 saturated carbocycles. The molecule has 5 rings (SSSR count). The van der Waals surface area contributed by atoms with Gasteiger partial charge in [0.25, 0.3) is 11.7 Å². The highest BCUT2D eigenvalue weighted by Crippen LogP contribution is 2.48. The van der Waals surface area contributed by atoms with E-state index in [2.05, 4.69) is 0 Å². The molecule has 10 heteroatoms. The number of anilines is 1. The minimum absolute atomic E-state index is 0.0304. The number of hydrogen-bond acceptors (Lipinski definition) is 9. The summed E-state index contributed by atoms with van der Waals surface area (Å²) in [6.45, 7) is 0.0304. The van der Waals surface area contributed by atoms with Crippen LogP contribution < -0.4 is 28.6 Å². The molecule has 2 heterocycles. The minimum atomic E-state index is -1.15. The number of methoxy groups -OCH3 is 3. The van der Waals surface area contributed by atoms with Crippen LogP contribution in [0, 0.1) is 0 Å². The molecule has 1 fully saturated rings. The molecule has 3 aromatic rings. The molecule has 10 nitrogen and oxygen atoms in total. The number of carbonyl (C=O) groups is 2. The molecule has 3 aromatic carbocycles. The van der Waals surface area contributed by atoms with Crippen molar-refractivity contribution in [1.29, 1.82) is 0 Å². The lowest BCUT2D eigenvalue weighted by Gasteiger charge is -2.27. The van der Waals surface area contributed by atoms with Crippen LogP contribution in [0.3, 0.4) is 0 Å². The van der Waals surface area contributed by atoms with Gasteiger partial charge in [-0.2, -0.15) is 0 Å². The van der Waals surface area contributed by atoms with Crippen LogP contribution in [0.4, 0.5) is 5.69 Å². The Bertz CT molecular complexity index is 1420. The molecular formula is C27H23NO9. The highest BCUT2D eigenvalue weighted by atomic mass is 16.7. The molecule has 1 unspecified atom stereocenters. The van der Waals surface area contributed by atoms with E-state index in [1.807, 2.05) is 0 Å². The molecule has 37 heavy (non-hydrogen) atoms. The number of benzene rings is 3. The molecule has 1 atom stereocenters. The van der Waals surface area contributed by atoms with Crippen molar-refractivity contribution in [2.24, 2.45) is 0 Å². The van der Waals surface area contributed by atoms with E-state index >= 15 is 0 Å². The second kappa shape index (κ2) is 9.30. The molecule has 0 spiro atoms. The Balaban J connectivity index is 1.77. The van der Waals surface area contributed by atoms with E-state index in [9.17, 15) is 19.8 Å². The van der Waals surface area contributed by atoms with Gasteiger partial charge in [-0.25, -0.2) is 0 Å². The van der Waals surface area contributed by atoms with Crippen molar-refractivity contribution in [1.82, 2.24) is 0 Å². The van der Waals surface area contributed by atoms with E-state index in [-0.39, 0.29) is 40.9 Å².